The van der Waals surface area contributed by atoms with E-state index in [0.717, 1.165) is 69.6 Å². The molecular formula is C21H36N4O3. The van der Waals surface area contributed by atoms with E-state index in [2.05, 4.69) is 39.2 Å². The summed E-state index contributed by atoms with van der Waals surface area (Å²) in [5, 5.41) is 3.39. The van der Waals surface area contributed by atoms with Crippen molar-refractivity contribution in [3.8, 4) is 5.75 Å². The van der Waals surface area contributed by atoms with Gasteiger partial charge in [-0.15, -0.1) is 0 Å². The lowest BCUT2D eigenvalue weighted by Crippen LogP contribution is -2.53. The van der Waals surface area contributed by atoms with Gasteiger partial charge in [-0.05, 0) is 18.6 Å². The number of hydrogen-bond acceptors (Lipinski definition) is 5. The smallest absolute Gasteiger partial charge is 0.193 e. The molecule has 0 unspecified atom stereocenters. The number of hydrogen-bond donors (Lipinski definition) is 1. The van der Waals surface area contributed by atoms with Gasteiger partial charge in [0.05, 0.1) is 32.6 Å². The third-order valence-electron chi connectivity index (χ3n) is 4.76. The van der Waals surface area contributed by atoms with Crippen LogP contribution in [0.3, 0.4) is 0 Å². The van der Waals surface area contributed by atoms with Crippen molar-refractivity contribution in [3.63, 3.8) is 0 Å². The van der Waals surface area contributed by atoms with Gasteiger partial charge in [0.2, 0.25) is 0 Å². The second kappa shape index (κ2) is 13.2. The molecule has 7 nitrogen and oxygen atoms in total. The Bertz CT molecular complexity index is 575. The predicted molar refractivity (Wildman–Crippen MR) is 115 cm³/mol. The molecule has 1 aliphatic rings. The van der Waals surface area contributed by atoms with Crippen LogP contribution in [0.4, 0.5) is 5.69 Å². The van der Waals surface area contributed by atoms with Crippen LogP contribution in [0, 0.1) is 0 Å². The van der Waals surface area contributed by atoms with Gasteiger partial charge in [-0.1, -0.05) is 25.5 Å². The zero-order chi connectivity index (χ0) is 20.0. The van der Waals surface area contributed by atoms with Crippen molar-refractivity contribution in [1.29, 1.82) is 0 Å². The molecular weight excluding hydrogens is 356 g/mol. The lowest BCUT2D eigenvalue weighted by Gasteiger charge is -2.38. The lowest BCUT2D eigenvalue weighted by molar-refractivity contribution is 0.0486. The molecule has 1 N–H and O–H groups in total. The van der Waals surface area contributed by atoms with Gasteiger partial charge < -0.3 is 29.3 Å². The van der Waals surface area contributed by atoms with E-state index in [-0.39, 0.29) is 0 Å². The first kappa shape index (κ1) is 22.3. The Kier molecular flexibility index (Phi) is 10.5. The van der Waals surface area contributed by atoms with Crippen LogP contribution in [0.5, 0.6) is 5.75 Å². The number of nitrogens with one attached hydrogen (secondary N) is 1. The zero-order valence-corrected chi connectivity index (χ0v) is 17.7. The van der Waals surface area contributed by atoms with E-state index in [4.69, 9.17) is 14.2 Å². The van der Waals surface area contributed by atoms with E-state index >= 15 is 0 Å². The maximum absolute atomic E-state index is 5.61. The van der Waals surface area contributed by atoms with E-state index in [1.54, 1.807) is 7.11 Å². The summed E-state index contributed by atoms with van der Waals surface area (Å²) >= 11 is 0. The number of rotatable bonds is 11. The SMILES string of the molecule is CCCCOCCOCCNC(=NC)N1CCN(c2ccccc2OC)CC1. The van der Waals surface area contributed by atoms with E-state index in [9.17, 15) is 0 Å². The minimum atomic E-state index is 0.640. The number of piperazine rings is 1. The van der Waals surface area contributed by atoms with Crippen LogP contribution in [0.25, 0.3) is 0 Å². The molecule has 0 aromatic heterocycles. The second-order valence-corrected chi connectivity index (χ2v) is 6.70. The molecule has 1 saturated heterocycles. The van der Waals surface area contributed by atoms with Crippen molar-refractivity contribution >= 4 is 11.6 Å². The molecule has 0 bridgehead atoms. The average Bonchev–Trinajstić information content (AvgIpc) is 2.75. The van der Waals surface area contributed by atoms with Gasteiger partial charge in [0, 0.05) is 46.4 Å². The van der Waals surface area contributed by atoms with Crippen molar-refractivity contribution < 1.29 is 14.2 Å². The molecule has 1 aromatic rings. The third kappa shape index (κ3) is 7.20. The number of unbranched alkanes of at least 4 members (excludes halogenated alkanes) is 1. The fourth-order valence-corrected chi connectivity index (χ4v) is 3.19. The molecule has 0 saturated carbocycles. The van der Waals surface area contributed by atoms with Crippen LogP contribution in [0.2, 0.25) is 0 Å². The van der Waals surface area contributed by atoms with Gasteiger partial charge in [-0.3, -0.25) is 4.99 Å². The van der Waals surface area contributed by atoms with Crippen molar-refractivity contribution in [2.45, 2.75) is 19.8 Å². The van der Waals surface area contributed by atoms with Crippen molar-refractivity contribution in [3.05, 3.63) is 24.3 Å². The van der Waals surface area contributed by atoms with Crippen LogP contribution in [0.1, 0.15) is 19.8 Å². The minimum absolute atomic E-state index is 0.640. The van der Waals surface area contributed by atoms with Gasteiger partial charge in [-0.2, -0.15) is 0 Å². The molecule has 0 atom stereocenters. The number of methoxy groups -OCH3 is 1. The monoisotopic (exact) mass is 392 g/mol. The van der Waals surface area contributed by atoms with Crippen molar-refractivity contribution in [1.82, 2.24) is 10.2 Å². The summed E-state index contributed by atoms with van der Waals surface area (Å²) < 4.78 is 16.6. The van der Waals surface area contributed by atoms with E-state index in [1.807, 2.05) is 19.2 Å². The molecule has 2 rings (SSSR count). The van der Waals surface area contributed by atoms with Gasteiger partial charge >= 0.3 is 0 Å². The van der Waals surface area contributed by atoms with Crippen LogP contribution < -0.4 is 15.0 Å². The fraction of sp³-hybridized carbons (Fsp3) is 0.667. The molecule has 1 aliphatic heterocycles. The molecule has 28 heavy (non-hydrogen) atoms. The Morgan fingerprint density at radius 3 is 2.43 bits per heavy atom. The number of guanidine groups is 1. The number of para-hydroxylation sites is 2. The maximum Gasteiger partial charge on any atom is 0.193 e. The number of nitrogens with zero attached hydrogens (tertiary/aromatic N) is 3. The summed E-state index contributed by atoms with van der Waals surface area (Å²) in [5.41, 5.74) is 1.15. The molecule has 1 fully saturated rings. The largest absolute Gasteiger partial charge is 0.495 e. The van der Waals surface area contributed by atoms with Gasteiger partial charge in [0.1, 0.15) is 5.75 Å². The molecule has 1 aromatic carbocycles. The maximum atomic E-state index is 5.61. The predicted octanol–water partition coefficient (Wildman–Crippen LogP) is 2.23. The van der Waals surface area contributed by atoms with Crippen LogP contribution >= 0.6 is 0 Å². The zero-order valence-electron chi connectivity index (χ0n) is 17.7. The highest BCUT2D eigenvalue weighted by Gasteiger charge is 2.21. The number of anilines is 1. The van der Waals surface area contributed by atoms with Crippen molar-refractivity contribution in [2.75, 3.05) is 78.2 Å². The lowest BCUT2D eigenvalue weighted by atomic mass is 10.2. The standard InChI is InChI=1S/C21H36N4O3/c1-4-5-15-27-17-18-28-16-10-23-21(22-2)25-13-11-24(12-14-25)19-8-6-7-9-20(19)26-3/h6-9H,4-5,10-18H2,1-3H3,(H,22,23). The Balaban J connectivity index is 1.65. The van der Waals surface area contributed by atoms with Crippen LogP contribution in [-0.4, -0.2) is 84.2 Å². The first-order valence-corrected chi connectivity index (χ1v) is 10.3. The summed E-state index contributed by atoms with van der Waals surface area (Å²) in [7, 11) is 3.55. The molecule has 0 amide bonds. The highest BCUT2D eigenvalue weighted by atomic mass is 16.5. The Hall–Kier alpha value is -1.99. The Labute approximate surface area is 169 Å². The molecule has 7 heteroatoms. The number of benzene rings is 1. The molecule has 158 valence electrons. The first-order valence-electron chi connectivity index (χ1n) is 10.3. The topological polar surface area (TPSA) is 58.6 Å². The summed E-state index contributed by atoms with van der Waals surface area (Å²) in [4.78, 5) is 9.08. The average molecular weight is 393 g/mol. The molecule has 1 heterocycles. The van der Waals surface area contributed by atoms with Gasteiger partial charge in [0.25, 0.3) is 0 Å². The quantitative estimate of drug-likeness (QED) is 0.354. The fourth-order valence-electron chi connectivity index (χ4n) is 3.19. The van der Waals surface area contributed by atoms with Crippen LogP contribution in [0.15, 0.2) is 29.3 Å². The third-order valence-corrected chi connectivity index (χ3v) is 4.76. The van der Waals surface area contributed by atoms with E-state index in [0.29, 0.717) is 19.8 Å². The minimum Gasteiger partial charge on any atom is -0.495 e. The molecule has 0 aliphatic carbocycles. The van der Waals surface area contributed by atoms with Gasteiger partial charge in [-0.25, -0.2) is 0 Å². The Morgan fingerprint density at radius 2 is 1.75 bits per heavy atom. The van der Waals surface area contributed by atoms with Crippen molar-refractivity contribution in [2.24, 2.45) is 4.99 Å². The summed E-state index contributed by atoms with van der Waals surface area (Å²) in [5.74, 6) is 1.86. The first-order chi connectivity index (χ1) is 13.8. The molecule has 0 radical (unpaired) electrons. The Morgan fingerprint density at radius 1 is 1.04 bits per heavy atom. The van der Waals surface area contributed by atoms with Crippen LogP contribution in [-0.2, 0) is 9.47 Å². The van der Waals surface area contributed by atoms with Gasteiger partial charge in [0.15, 0.2) is 5.96 Å². The summed E-state index contributed by atoms with van der Waals surface area (Å²) in [6.07, 6.45) is 2.28. The second-order valence-electron chi connectivity index (χ2n) is 6.70. The summed E-state index contributed by atoms with van der Waals surface area (Å²) in [6.45, 7) is 9.41. The number of aliphatic imine (C=N–C) groups is 1. The molecule has 0 spiro atoms. The van der Waals surface area contributed by atoms with E-state index in [1.165, 1.54) is 0 Å². The number of ether oxygens (including phenoxy) is 3. The van der Waals surface area contributed by atoms with E-state index < -0.39 is 0 Å². The normalized spacial score (nSPS) is 15.0. The highest BCUT2D eigenvalue weighted by molar-refractivity contribution is 5.80. The highest BCUT2D eigenvalue weighted by Crippen LogP contribution is 2.28. The summed E-state index contributed by atoms with van der Waals surface area (Å²) in [6, 6.07) is 8.19.